The molecule has 0 spiro atoms. The maximum atomic E-state index is 15.3. The molecule has 13 heteroatoms. The lowest BCUT2D eigenvalue weighted by Crippen LogP contribution is -2.40. The van der Waals surface area contributed by atoms with Gasteiger partial charge in [0.1, 0.15) is 16.6 Å². The summed E-state index contributed by atoms with van der Waals surface area (Å²) in [4.78, 5) is 14.0. The number of rotatable bonds is 9. The van der Waals surface area contributed by atoms with E-state index in [0.29, 0.717) is 42.6 Å². The number of aliphatic hydroxyl groups excluding tert-OH is 1. The zero-order valence-corrected chi connectivity index (χ0v) is 22.8. The van der Waals surface area contributed by atoms with Crippen LogP contribution in [-0.4, -0.2) is 74.3 Å². The molecule has 0 aliphatic carbocycles. The fraction of sp³-hybridized carbons (Fsp3) is 0.462. The maximum absolute atomic E-state index is 15.3. The lowest BCUT2D eigenvalue weighted by Gasteiger charge is -2.28. The van der Waals surface area contributed by atoms with Gasteiger partial charge in [0.2, 0.25) is 5.43 Å². The van der Waals surface area contributed by atoms with Gasteiger partial charge >= 0.3 is 0 Å². The van der Waals surface area contributed by atoms with Gasteiger partial charge in [-0.25, -0.2) is 17.6 Å². The predicted octanol–water partition coefficient (Wildman–Crippen LogP) is 3.76. The smallest absolute Gasteiger partial charge is 0.288 e. The van der Waals surface area contributed by atoms with Crippen LogP contribution in [0.15, 0.2) is 35.1 Å². The number of nitrogens with one attached hydrogen (secondary N) is 1. The summed E-state index contributed by atoms with van der Waals surface area (Å²) in [6.45, 7) is 4.74. The molecule has 0 amide bonds. The highest BCUT2D eigenvalue weighted by Gasteiger charge is 2.22. The van der Waals surface area contributed by atoms with E-state index in [1.807, 2.05) is 18.7 Å². The molecule has 220 valence electrons. The first-order valence-corrected chi connectivity index (χ1v) is 12.7. The van der Waals surface area contributed by atoms with Gasteiger partial charge in [-0.1, -0.05) is 26.1 Å². The van der Waals surface area contributed by atoms with Crippen LogP contribution in [0.1, 0.15) is 28.2 Å². The number of hydrogen-bond donors (Lipinski definition) is 4. The third-order valence-corrected chi connectivity index (χ3v) is 6.24. The minimum atomic E-state index is -2.90. The second-order valence-electron chi connectivity index (χ2n) is 8.92. The second-order valence-corrected chi connectivity index (χ2v) is 9.36. The molecule has 1 atom stereocenters. The van der Waals surface area contributed by atoms with Crippen LogP contribution < -0.4 is 26.4 Å². The van der Waals surface area contributed by atoms with E-state index < -0.39 is 42.2 Å². The van der Waals surface area contributed by atoms with Gasteiger partial charge in [0.15, 0.2) is 0 Å². The molecule has 0 bridgehead atoms. The minimum absolute atomic E-state index is 0. The predicted molar refractivity (Wildman–Crippen MR) is 151 cm³/mol. The average molecular weight is 579 g/mol. The van der Waals surface area contributed by atoms with Crippen molar-refractivity contribution >= 4 is 28.6 Å². The molecule has 2 aromatic rings. The van der Waals surface area contributed by atoms with E-state index >= 15 is 8.78 Å². The van der Waals surface area contributed by atoms with Gasteiger partial charge in [-0.3, -0.25) is 15.1 Å². The van der Waals surface area contributed by atoms with Crippen molar-refractivity contribution in [3.05, 3.63) is 57.8 Å². The Morgan fingerprint density at radius 3 is 2.31 bits per heavy atom. The van der Waals surface area contributed by atoms with Crippen LogP contribution in [0, 0.1) is 11.6 Å². The summed E-state index contributed by atoms with van der Waals surface area (Å²) in [7, 11) is 1.50. The molecule has 0 aromatic heterocycles. The van der Waals surface area contributed by atoms with Gasteiger partial charge in [0.05, 0.1) is 42.8 Å². The van der Waals surface area contributed by atoms with Crippen molar-refractivity contribution in [3.63, 3.8) is 0 Å². The summed E-state index contributed by atoms with van der Waals surface area (Å²) < 4.78 is 60.9. The lowest BCUT2D eigenvalue weighted by molar-refractivity contribution is 0.122. The Kier molecular flexibility index (Phi) is 12.5. The van der Waals surface area contributed by atoms with Crippen molar-refractivity contribution in [1.29, 1.82) is 0 Å². The minimum Gasteiger partial charge on any atom is -0.389 e. The van der Waals surface area contributed by atoms with E-state index in [4.69, 9.17) is 4.74 Å². The first-order chi connectivity index (χ1) is 18.5. The van der Waals surface area contributed by atoms with E-state index in [-0.39, 0.29) is 31.0 Å². The van der Waals surface area contributed by atoms with E-state index in [1.54, 1.807) is 6.07 Å². The first-order valence-electron chi connectivity index (χ1n) is 12.3. The topological polar surface area (TPSA) is 111 Å². The number of nitrogens with two attached hydrogens (primary N) is 1. The molecule has 0 saturated carbocycles. The number of hydroxylamine groups is 1. The van der Waals surface area contributed by atoms with E-state index in [2.05, 4.69) is 23.3 Å². The summed E-state index contributed by atoms with van der Waals surface area (Å²) in [5, 5.41) is 22.8. The Hall–Kier alpha value is -2.84. The number of thiocarbonyl (C=S) groups is 1. The molecule has 0 radical (unpaired) electrons. The third-order valence-electron chi connectivity index (χ3n) is 5.92. The standard InChI is InChI=1S/C25H29F4N3O4S.CH5N.2H2/c1-14(2)18-11-21(31-5-7-36-8-6-31)22(34)4-3-17(18)23-19(26)9-15(10-20(23)27)32(35)13-16(33)12-30-25(37)24(28)29;1-2;;/h3-4,9-11,14,16,24,33,35H,5-8,12-13H2,1-2H3,(H,30,37);2H2,1H3;2*1H/t16-;;;/m0.../s1. The van der Waals surface area contributed by atoms with Gasteiger partial charge in [-0.15, -0.1) is 0 Å². The molecular formula is C26H38F4N4O4S. The van der Waals surface area contributed by atoms with Crippen LogP contribution >= 0.6 is 12.2 Å². The number of morpholine rings is 1. The molecule has 1 heterocycles. The number of hydrogen-bond acceptors (Lipinski definition) is 8. The normalized spacial score (nSPS) is 14.1. The fourth-order valence-corrected chi connectivity index (χ4v) is 4.11. The van der Waals surface area contributed by atoms with Gasteiger partial charge in [-0.2, -0.15) is 0 Å². The number of aliphatic hydroxyl groups is 1. The van der Waals surface area contributed by atoms with Crippen LogP contribution in [0.3, 0.4) is 0 Å². The average Bonchev–Trinajstić information content (AvgIpc) is 3.07. The lowest BCUT2D eigenvalue weighted by atomic mass is 9.93. The number of anilines is 2. The van der Waals surface area contributed by atoms with Crippen LogP contribution in [0.4, 0.5) is 28.9 Å². The summed E-state index contributed by atoms with van der Waals surface area (Å²) in [5.74, 6) is -2.17. The highest BCUT2D eigenvalue weighted by molar-refractivity contribution is 7.80. The second kappa shape index (κ2) is 15.1. The Morgan fingerprint density at radius 1 is 1.18 bits per heavy atom. The van der Waals surface area contributed by atoms with Crippen LogP contribution in [0.25, 0.3) is 11.1 Å². The SMILES string of the molecule is CC(C)c1cc(N2CCOCC2)c(=O)ccc1-c1c(F)cc(N(O)C[C@@H](O)CNC(=S)C(F)F)cc1F.CN.[HH].[HH]. The molecule has 1 fully saturated rings. The van der Waals surface area contributed by atoms with E-state index in [0.717, 1.165) is 12.1 Å². The first kappa shape index (κ1) is 32.4. The summed E-state index contributed by atoms with van der Waals surface area (Å²) in [5.41, 5.74) is 4.73. The summed E-state index contributed by atoms with van der Waals surface area (Å²) in [6.07, 6.45) is -4.27. The van der Waals surface area contributed by atoms with E-state index in [9.17, 15) is 23.9 Å². The Labute approximate surface area is 232 Å². The van der Waals surface area contributed by atoms with Crippen molar-refractivity contribution in [1.82, 2.24) is 5.32 Å². The largest absolute Gasteiger partial charge is 0.389 e. The molecule has 5 N–H and O–H groups in total. The fourth-order valence-electron chi connectivity index (χ4n) is 4.02. The monoisotopic (exact) mass is 578 g/mol. The zero-order valence-electron chi connectivity index (χ0n) is 22.0. The highest BCUT2D eigenvalue weighted by atomic mass is 32.1. The molecule has 0 unspecified atom stereocenters. The Bertz CT molecular complexity index is 1170. The number of benzene rings is 1. The zero-order chi connectivity index (χ0) is 29.3. The van der Waals surface area contributed by atoms with Crippen LogP contribution in [0.2, 0.25) is 0 Å². The highest BCUT2D eigenvalue weighted by Crippen LogP contribution is 2.35. The molecule has 8 nitrogen and oxygen atoms in total. The third kappa shape index (κ3) is 8.57. The van der Waals surface area contributed by atoms with Crippen molar-refractivity contribution in [3.8, 4) is 11.1 Å². The molecule has 1 aliphatic heterocycles. The van der Waals surface area contributed by atoms with Crippen molar-refractivity contribution < 1.29 is 35.5 Å². The Balaban J connectivity index is 0.00000391. The van der Waals surface area contributed by atoms with Gasteiger partial charge in [-0.05, 0) is 42.3 Å². The quantitative estimate of drug-likeness (QED) is 0.201. The van der Waals surface area contributed by atoms with Gasteiger partial charge in [0, 0.05) is 34.6 Å². The van der Waals surface area contributed by atoms with Crippen molar-refractivity contribution in [2.75, 3.05) is 56.4 Å². The molecule has 3 rings (SSSR count). The van der Waals surface area contributed by atoms with Crippen molar-refractivity contribution in [2.45, 2.75) is 32.3 Å². The number of ether oxygens (including phenoxy) is 1. The number of halogens is 4. The number of alkyl halides is 2. The van der Waals surface area contributed by atoms with Crippen molar-refractivity contribution in [2.24, 2.45) is 5.73 Å². The molecule has 1 aliphatic rings. The summed E-state index contributed by atoms with van der Waals surface area (Å²) >= 11 is 4.41. The van der Waals surface area contributed by atoms with E-state index in [1.165, 1.54) is 19.2 Å². The van der Waals surface area contributed by atoms with Gasteiger partial charge in [0.25, 0.3) is 6.43 Å². The van der Waals surface area contributed by atoms with Crippen LogP contribution in [-0.2, 0) is 4.74 Å². The van der Waals surface area contributed by atoms with Gasteiger partial charge < -0.3 is 25.8 Å². The number of nitrogens with zero attached hydrogens (tertiary/aromatic N) is 2. The molecule has 1 saturated heterocycles. The molecule has 39 heavy (non-hydrogen) atoms. The maximum Gasteiger partial charge on any atom is 0.288 e. The summed E-state index contributed by atoms with van der Waals surface area (Å²) in [6, 6.07) is 6.11. The van der Waals surface area contributed by atoms with Crippen LogP contribution in [0.5, 0.6) is 0 Å². The Morgan fingerprint density at radius 2 is 1.77 bits per heavy atom. The molecular weight excluding hydrogens is 540 g/mol. The molecule has 2 aromatic carbocycles.